The third-order valence-electron chi connectivity index (χ3n) is 8.37. The zero-order valence-corrected chi connectivity index (χ0v) is 25.2. The predicted molar refractivity (Wildman–Crippen MR) is 150 cm³/mol. The van der Waals surface area contributed by atoms with Crippen LogP contribution < -0.4 is 4.74 Å². The van der Waals surface area contributed by atoms with Crippen molar-refractivity contribution in [2.45, 2.75) is 62.9 Å². The van der Waals surface area contributed by atoms with Crippen LogP contribution in [0.25, 0.3) is 0 Å². The standard InChI is InChI=1S/C28H48N4O5S/c1-21-16-26(36-7)17-22(2)28(21)38(34,35)30(5)14-15-37-20-27(33)31(6)24-10-8-23(9-11-24)18-32-13-12-25(19-32)29(3)4/h16-17,23-25H,8-15,18-20H2,1-7H3/t23?,24?,25-/m1/s1. The Balaban J connectivity index is 1.39. The highest BCUT2D eigenvalue weighted by molar-refractivity contribution is 7.89. The summed E-state index contributed by atoms with van der Waals surface area (Å²) in [4.78, 5) is 19.8. The summed E-state index contributed by atoms with van der Waals surface area (Å²) in [7, 11) is 5.62. The van der Waals surface area contributed by atoms with E-state index in [0.29, 0.717) is 28.8 Å². The van der Waals surface area contributed by atoms with Gasteiger partial charge in [-0.05, 0) is 95.8 Å². The molecule has 0 unspecified atom stereocenters. The van der Waals surface area contributed by atoms with Crippen LogP contribution in [-0.4, -0.2) is 120 Å². The van der Waals surface area contributed by atoms with Crippen LogP contribution in [0.4, 0.5) is 0 Å². The Hall–Kier alpha value is -1.72. The van der Waals surface area contributed by atoms with Crippen molar-refractivity contribution in [3.8, 4) is 5.75 Å². The second-order valence-corrected chi connectivity index (χ2v) is 13.3. The largest absolute Gasteiger partial charge is 0.497 e. The quantitative estimate of drug-likeness (QED) is 0.369. The second kappa shape index (κ2) is 13.6. The summed E-state index contributed by atoms with van der Waals surface area (Å²) in [5, 5.41) is 0. The number of sulfonamides is 1. The number of hydrogen-bond donors (Lipinski definition) is 0. The van der Waals surface area contributed by atoms with E-state index in [1.165, 1.54) is 37.4 Å². The number of ether oxygens (including phenoxy) is 2. The Labute approximate surface area is 230 Å². The first-order valence-corrected chi connectivity index (χ1v) is 15.2. The summed E-state index contributed by atoms with van der Waals surface area (Å²) in [6, 6.07) is 4.36. The topological polar surface area (TPSA) is 82.6 Å². The number of hydrogen-bond acceptors (Lipinski definition) is 7. The monoisotopic (exact) mass is 552 g/mol. The lowest BCUT2D eigenvalue weighted by atomic mass is 9.85. The van der Waals surface area contributed by atoms with Crippen molar-refractivity contribution in [2.24, 2.45) is 5.92 Å². The number of aryl methyl sites for hydroxylation is 2. The molecule has 1 amide bonds. The first kappa shape index (κ1) is 30.8. The molecule has 2 aliphatic rings. The average molecular weight is 553 g/mol. The Kier molecular flexibility index (Phi) is 11.0. The smallest absolute Gasteiger partial charge is 0.248 e. The van der Waals surface area contributed by atoms with Crippen molar-refractivity contribution < 1.29 is 22.7 Å². The molecule has 216 valence electrons. The molecular weight excluding hydrogens is 504 g/mol. The lowest BCUT2D eigenvalue weighted by Gasteiger charge is -2.36. The van der Waals surface area contributed by atoms with Gasteiger partial charge in [0.25, 0.3) is 0 Å². The lowest BCUT2D eigenvalue weighted by Crippen LogP contribution is -2.43. The lowest BCUT2D eigenvalue weighted by molar-refractivity contribution is -0.137. The molecule has 0 aromatic heterocycles. The van der Waals surface area contributed by atoms with E-state index in [9.17, 15) is 13.2 Å². The van der Waals surface area contributed by atoms with Crippen molar-refractivity contribution in [3.63, 3.8) is 0 Å². The van der Waals surface area contributed by atoms with Gasteiger partial charge in [0.05, 0.1) is 18.6 Å². The minimum atomic E-state index is -3.68. The Bertz CT molecular complexity index is 1020. The van der Waals surface area contributed by atoms with E-state index in [-0.39, 0.29) is 36.6 Å². The number of benzene rings is 1. The van der Waals surface area contributed by atoms with Gasteiger partial charge in [0.1, 0.15) is 12.4 Å². The zero-order valence-electron chi connectivity index (χ0n) is 24.4. The molecule has 1 atom stereocenters. The summed E-state index contributed by atoms with van der Waals surface area (Å²) in [5.74, 6) is 1.29. The van der Waals surface area contributed by atoms with Crippen LogP contribution in [0.2, 0.25) is 0 Å². The zero-order chi connectivity index (χ0) is 28.0. The highest BCUT2D eigenvalue weighted by Gasteiger charge is 2.30. The van der Waals surface area contributed by atoms with Crippen LogP contribution >= 0.6 is 0 Å². The van der Waals surface area contributed by atoms with E-state index >= 15 is 0 Å². The molecule has 3 rings (SSSR count). The van der Waals surface area contributed by atoms with Crippen LogP contribution in [0.1, 0.15) is 43.2 Å². The van der Waals surface area contributed by atoms with E-state index < -0.39 is 10.0 Å². The van der Waals surface area contributed by atoms with Gasteiger partial charge in [0, 0.05) is 45.8 Å². The van der Waals surface area contributed by atoms with Crippen molar-refractivity contribution in [2.75, 3.05) is 74.7 Å². The summed E-state index contributed by atoms with van der Waals surface area (Å²) in [6.07, 6.45) is 5.61. The van der Waals surface area contributed by atoms with Crippen molar-refractivity contribution in [3.05, 3.63) is 23.3 Å². The molecule has 1 saturated carbocycles. The maximum Gasteiger partial charge on any atom is 0.248 e. The van der Waals surface area contributed by atoms with Crippen molar-refractivity contribution in [1.29, 1.82) is 0 Å². The van der Waals surface area contributed by atoms with Gasteiger partial charge >= 0.3 is 0 Å². The molecule has 1 aromatic carbocycles. The van der Waals surface area contributed by atoms with Gasteiger partial charge in [-0.25, -0.2) is 8.42 Å². The molecule has 1 aromatic rings. The maximum absolute atomic E-state index is 13.1. The number of carbonyl (C=O) groups excluding carboxylic acids is 1. The average Bonchev–Trinajstić information content (AvgIpc) is 3.34. The van der Waals surface area contributed by atoms with E-state index in [2.05, 4.69) is 23.9 Å². The number of nitrogens with zero attached hydrogens (tertiary/aromatic N) is 4. The normalized spacial score (nSPS) is 22.8. The number of amides is 1. The Morgan fingerprint density at radius 3 is 2.18 bits per heavy atom. The first-order chi connectivity index (χ1) is 17.9. The van der Waals surface area contributed by atoms with Crippen LogP contribution in [0.5, 0.6) is 5.75 Å². The second-order valence-electron chi connectivity index (χ2n) is 11.3. The summed E-state index contributed by atoms with van der Waals surface area (Å²) in [6.45, 7) is 7.34. The molecule has 9 nitrogen and oxygen atoms in total. The number of likely N-dealkylation sites (N-methyl/N-ethyl adjacent to an activating group) is 3. The number of rotatable bonds is 12. The van der Waals surface area contributed by atoms with Gasteiger partial charge in [-0.15, -0.1) is 0 Å². The summed E-state index contributed by atoms with van der Waals surface area (Å²) in [5.41, 5.74) is 1.28. The minimum absolute atomic E-state index is 0.0371. The van der Waals surface area contributed by atoms with Gasteiger partial charge in [-0.2, -0.15) is 4.31 Å². The maximum atomic E-state index is 13.1. The summed E-state index contributed by atoms with van der Waals surface area (Å²) >= 11 is 0. The molecule has 1 aliphatic heterocycles. The predicted octanol–water partition coefficient (Wildman–Crippen LogP) is 2.60. The van der Waals surface area contributed by atoms with Crippen molar-refractivity contribution >= 4 is 15.9 Å². The fraction of sp³-hybridized carbons (Fsp3) is 0.750. The van der Waals surface area contributed by atoms with Crippen LogP contribution in [0.3, 0.4) is 0 Å². The van der Waals surface area contributed by atoms with Crippen LogP contribution in [0.15, 0.2) is 17.0 Å². The molecule has 0 spiro atoms. The number of methoxy groups -OCH3 is 1. The first-order valence-electron chi connectivity index (χ1n) is 13.8. The van der Waals surface area contributed by atoms with E-state index in [4.69, 9.17) is 9.47 Å². The van der Waals surface area contributed by atoms with Gasteiger partial charge < -0.3 is 24.2 Å². The molecule has 1 heterocycles. The third-order valence-corrected chi connectivity index (χ3v) is 10.5. The van der Waals surface area contributed by atoms with Gasteiger partial charge in [-0.1, -0.05) is 0 Å². The van der Waals surface area contributed by atoms with Gasteiger partial charge in [0.2, 0.25) is 15.9 Å². The Morgan fingerprint density at radius 2 is 1.63 bits per heavy atom. The fourth-order valence-corrected chi connectivity index (χ4v) is 7.41. The van der Waals surface area contributed by atoms with Crippen molar-refractivity contribution in [1.82, 2.24) is 19.0 Å². The highest BCUT2D eigenvalue weighted by atomic mass is 32.2. The fourth-order valence-electron chi connectivity index (χ4n) is 5.85. The molecule has 38 heavy (non-hydrogen) atoms. The summed E-state index contributed by atoms with van der Waals surface area (Å²) < 4.78 is 38.4. The number of carbonyl (C=O) groups is 1. The molecule has 0 radical (unpaired) electrons. The SMILES string of the molecule is COc1cc(C)c(S(=O)(=O)N(C)CCOCC(=O)N(C)C2CCC(CN3CC[C@@H](N(C)C)C3)CC2)c(C)c1. The molecule has 1 saturated heterocycles. The van der Waals surface area contributed by atoms with E-state index in [0.717, 1.165) is 25.7 Å². The molecule has 1 aliphatic carbocycles. The highest BCUT2D eigenvalue weighted by Crippen LogP contribution is 2.30. The van der Waals surface area contributed by atoms with Gasteiger partial charge in [-0.3, -0.25) is 4.79 Å². The Morgan fingerprint density at radius 1 is 1.00 bits per heavy atom. The minimum Gasteiger partial charge on any atom is -0.497 e. The third kappa shape index (κ3) is 7.69. The van der Waals surface area contributed by atoms with Gasteiger partial charge in [0.15, 0.2) is 0 Å². The van der Waals surface area contributed by atoms with Crippen LogP contribution in [-0.2, 0) is 19.6 Å². The van der Waals surface area contributed by atoms with E-state index in [1.807, 2.05) is 11.9 Å². The molecule has 10 heteroatoms. The molecule has 0 N–H and O–H groups in total. The molecular formula is C28H48N4O5S. The van der Waals surface area contributed by atoms with E-state index in [1.54, 1.807) is 33.1 Å². The molecule has 0 bridgehead atoms. The molecule has 2 fully saturated rings. The number of likely N-dealkylation sites (tertiary alicyclic amines) is 1. The van der Waals surface area contributed by atoms with Crippen LogP contribution in [0, 0.1) is 19.8 Å².